The van der Waals surface area contributed by atoms with E-state index in [1.165, 1.54) is 0 Å². The topological polar surface area (TPSA) is 38.3 Å². The first-order chi connectivity index (χ1) is 7.19. The van der Waals surface area contributed by atoms with Crippen LogP contribution in [0.25, 0.3) is 0 Å². The number of benzene rings is 1. The molecule has 1 rings (SSSR count). The number of nitrogens with one attached hydrogen (secondary N) is 1. The zero-order valence-electron chi connectivity index (χ0n) is 9.82. The van der Waals surface area contributed by atoms with Crippen LogP contribution in [0.3, 0.4) is 0 Å². The van der Waals surface area contributed by atoms with Gasteiger partial charge in [0.05, 0.1) is 12.2 Å². The fourth-order valence-corrected chi connectivity index (χ4v) is 1.29. The normalized spacial score (nSPS) is 11.4. The Bertz CT molecular complexity index is 324. The van der Waals surface area contributed by atoms with Gasteiger partial charge in [-0.1, -0.05) is 12.1 Å². The molecular formula is C12H18ClNO2. The van der Waals surface area contributed by atoms with Crippen LogP contribution in [-0.4, -0.2) is 19.6 Å². The second kappa shape index (κ2) is 7.25. The number of esters is 1. The first kappa shape index (κ1) is 14.9. The van der Waals surface area contributed by atoms with Crippen LogP contribution in [0.2, 0.25) is 0 Å². The predicted molar refractivity (Wildman–Crippen MR) is 67.1 cm³/mol. The molecule has 1 unspecified atom stereocenters. The van der Waals surface area contributed by atoms with Gasteiger partial charge in [-0.15, -0.1) is 12.4 Å². The smallest absolute Gasteiger partial charge is 0.338 e. The highest BCUT2D eigenvalue weighted by Crippen LogP contribution is 2.13. The van der Waals surface area contributed by atoms with Crippen LogP contribution in [0, 0.1) is 0 Å². The number of rotatable bonds is 4. The van der Waals surface area contributed by atoms with Crippen molar-refractivity contribution in [2.75, 3.05) is 13.7 Å². The zero-order valence-corrected chi connectivity index (χ0v) is 10.6. The molecule has 16 heavy (non-hydrogen) atoms. The summed E-state index contributed by atoms with van der Waals surface area (Å²) in [5, 5.41) is 3.14. The fraction of sp³-hybridized carbons (Fsp3) is 0.417. The largest absolute Gasteiger partial charge is 0.462 e. The quantitative estimate of drug-likeness (QED) is 0.826. The molecule has 0 aliphatic carbocycles. The molecule has 0 saturated heterocycles. The molecule has 0 aliphatic rings. The van der Waals surface area contributed by atoms with Gasteiger partial charge in [-0.2, -0.15) is 0 Å². The molecule has 0 bridgehead atoms. The summed E-state index contributed by atoms with van der Waals surface area (Å²) < 4.78 is 4.90. The Kier molecular flexibility index (Phi) is 6.77. The molecule has 1 aromatic rings. The number of ether oxygens (including phenoxy) is 1. The van der Waals surface area contributed by atoms with E-state index in [2.05, 4.69) is 12.2 Å². The average molecular weight is 244 g/mol. The van der Waals surface area contributed by atoms with Crippen molar-refractivity contribution in [3.8, 4) is 0 Å². The Labute approximate surface area is 103 Å². The third-order valence-electron chi connectivity index (χ3n) is 2.35. The van der Waals surface area contributed by atoms with Crippen LogP contribution < -0.4 is 5.32 Å². The van der Waals surface area contributed by atoms with Crippen LogP contribution in [0.5, 0.6) is 0 Å². The lowest BCUT2D eigenvalue weighted by Crippen LogP contribution is -2.12. The minimum Gasteiger partial charge on any atom is -0.462 e. The van der Waals surface area contributed by atoms with E-state index < -0.39 is 0 Å². The second-order valence-electron chi connectivity index (χ2n) is 3.35. The van der Waals surface area contributed by atoms with Gasteiger partial charge in [0.1, 0.15) is 0 Å². The SMILES string of the molecule is CCOC(=O)c1ccc(C(C)NC)cc1.Cl. The molecule has 0 saturated carbocycles. The molecule has 0 heterocycles. The highest BCUT2D eigenvalue weighted by molar-refractivity contribution is 5.89. The molecule has 0 fully saturated rings. The molecule has 90 valence electrons. The van der Waals surface area contributed by atoms with Crippen molar-refractivity contribution in [2.24, 2.45) is 0 Å². The van der Waals surface area contributed by atoms with Gasteiger partial charge in [0, 0.05) is 6.04 Å². The van der Waals surface area contributed by atoms with E-state index in [9.17, 15) is 4.79 Å². The number of carbonyl (C=O) groups excluding carboxylic acids is 1. The maximum Gasteiger partial charge on any atom is 0.338 e. The van der Waals surface area contributed by atoms with Gasteiger partial charge in [0.15, 0.2) is 0 Å². The van der Waals surface area contributed by atoms with Crippen molar-refractivity contribution in [3.63, 3.8) is 0 Å². The van der Waals surface area contributed by atoms with Gasteiger partial charge in [-0.3, -0.25) is 0 Å². The number of hydrogen-bond donors (Lipinski definition) is 1. The number of hydrogen-bond acceptors (Lipinski definition) is 3. The first-order valence-corrected chi connectivity index (χ1v) is 5.13. The third-order valence-corrected chi connectivity index (χ3v) is 2.35. The third kappa shape index (κ3) is 3.83. The van der Waals surface area contributed by atoms with Crippen molar-refractivity contribution in [1.82, 2.24) is 5.32 Å². The molecule has 1 aromatic carbocycles. The molecule has 0 spiro atoms. The van der Waals surface area contributed by atoms with E-state index in [0.29, 0.717) is 18.2 Å². The maximum absolute atomic E-state index is 11.4. The van der Waals surface area contributed by atoms with Gasteiger partial charge in [-0.05, 0) is 38.6 Å². The summed E-state index contributed by atoms with van der Waals surface area (Å²) in [7, 11) is 1.91. The molecule has 1 N–H and O–H groups in total. The molecule has 4 heteroatoms. The summed E-state index contributed by atoms with van der Waals surface area (Å²) in [4.78, 5) is 11.4. The molecule has 0 amide bonds. The average Bonchev–Trinajstić information content (AvgIpc) is 2.28. The molecular weight excluding hydrogens is 226 g/mol. The highest BCUT2D eigenvalue weighted by Gasteiger charge is 2.07. The van der Waals surface area contributed by atoms with Gasteiger partial charge < -0.3 is 10.1 Å². The summed E-state index contributed by atoms with van der Waals surface area (Å²) in [6.45, 7) is 4.28. The van der Waals surface area contributed by atoms with Gasteiger partial charge in [-0.25, -0.2) is 4.79 Å². The minimum atomic E-state index is -0.263. The van der Waals surface area contributed by atoms with Crippen LogP contribution in [0.15, 0.2) is 24.3 Å². The Morgan fingerprint density at radius 1 is 1.38 bits per heavy atom. The summed E-state index contributed by atoms with van der Waals surface area (Å²) in [6.07, 6.45) is 0. The van der Waals surface area contributed by atoms with Crippen molar-refractivity contribution in [2.45, 2.75) is 19.9 Å². The Morgan fingerprint density at radius 2 is 1.94 bits per heavy atom. The zero-order chi connectivity index (χ0) is 11.3. The van der Waals surface area contributed by atoms with Gasteiger partial charge in [0.2, 0.25) is 0 Å². The van der Waals surface area contributed by atoms with Crippen LogP contribution in [-0.2, 0) is 4.74 Å². The van der Waals surface area contributed by atoms with Crippen molar-refractivity contribution >= 4 is 18.4 Å². The van der Waals surface area contributed by atoms with E-state index in [0.717, 1.165) is 5.56 Å². The Hall–Kier alpha value is -1.06. The highest BCUT2D eigenvalue weighted by atomic mass is 35.5. The molecule has 1 atom stereocenters. The Balaban J connectivity index is 0.00000225. The second-order valence-corrected chi connectivity index (χ2v) is 3.35. The maximum atomic E-state index is 11.4. The van der Waals surface area contributed by atoms with Gasteiger partial charge in [0.25, 0.3) is 0 Å². The lowest BCUT2D eigenvalue weighted by atomic mass is 10.1. The van der Waals surface area contributed by atoms with Crippen molar-refractivity contribution in [1.29, 1.82) is 0 Å². The molecule has 0 aromatic heterocycles. The number of halogens is 1. The van der Waals surface area contributed by atoms with Crippen LogP contribution in [0.1, 0.15) is 35.8 Å². The van der Waals surface area contributed by atoms with E-state index in [1.54, 1.807) is 19.1 Å². The monoisotopic (exact) mass is 243 g/mol. The summed E-state index contributed by atoms with van der Waals surface area (Å²) in [6, 6.07) is 7.75. The minimum absolute atomic E-state index is 0. The predicted octanol–water partition coefficient (Wildman–Crippen LogP) is 2.57. The molecule has 0 radical (unpaired) electrons. The summed E-state index contributed by atoms with van der Waals surface area (Å²) in [5.74, 6) is -0.263. The van der Waals surface area contributed by atoms with Crippen LogP contribution >= 0.6 is 12.4 Å². The van der Waals surface area contributed by atoms with E-state index in [-0.39, 0.29) is 18.4 Å². The standard InChI is InChI=1S/C12H17NO2.ClH/c1-4-15-12(14)11-7-5-10(6-8-11)9(2)13-3;/h5-9,13H,4H2,1-3H3;1H. The van der Waals surface area contributed by atoms with Crippen molar-refractivity contribution < 1.29 is 9.53 Å². The van der Waals surface area contributed by atoms with E-state index in [4.69, 9.17) is 4.74 Å². The first-order valence-electron chi connectivity index (χ1n) is 5.13. The van der Waals surface area contributed by atoms with E-state index >= 15 is 0 Å². The van der Waals surface area contributed by atoms with E-state index in [1.807, 2.05) is 19.2 Å². The number of carbonyl (C=O) groups is 1. The lowest BCUT2D eigenvalue weighted by Gasteiger charge is -2.10. The molecule has 0 aliphatic heterocycles. The summed E-state index contributed by atoms with van der Waals surface area (Å²) in [5.41, 5.74) is 1.76. The fourth-order valence-electron chi connectivity index (χ4n) is 1.29. The lowest BCUT2D eigenvalue weighted by molar-refractivity contribution is 0.0526. The van der Waals surface area contributed by atoms with Crippen LogP contribution in [0.4, 0.5) is 0 Å². The summed E-state index contributed by atoms with van der Waals surface area (Å²) >= 11 is 0. The van der Waals surface area contributed by atoms with Crippen molar-refractivity contribution in [3.05, 3.63) is 35.4 Å². The molecule has 3 nitrogen and oxygen atoms in total. The van der Waals surface area contributed by atoms with Gasteiger partial charge >= 0.3 is 5.97 Å². The Morgan fingerprint density at radius 3 is 2.38 bits per heavy atom.